The highest BCUT2D eigenvalue weighted by Gasteiger charge is 1.99. The molecule has 0 saturated heterocycles. The second kappa shape index (κ2) is 3.62. The first-order valence-electron chi connectivity index (χ1n) is 4.65. The van der Waals surface area contributed by atoms with Gasteiger partial charge in [-0.1, -0.05) is 6.07 Å². The Morgan fingerprint density at radius 3 is 2.86 bits per heavy atom. The standard InChI is InChI=1S/C11H13N3/c1-9-6-13-14(7-9)8-11-4-3-5-12-10(11)2/h3-7H,8H2,1-2H3. The quantitative estimate of drug-likeness (QED) is 0.719. The second-order valence-corrected chi connectivity index (χ2v) is 3.46. The molecule has 0 radical (unpaired) electrons. The van der Waals surface area contributed by atoms with Crippen molar-refractivity contribution in [1.29, 1.82) is 0 Å². The Labute approximate surface area is 83.4 Å². The zero-order chi connectivity index (χ0) is 9.97. The predicted molar refractivity (Wildman–Crippen MR) is 55.0 cm³/mol. The van der Waals surface area contributed by atoms with Crippen molar-refractivity contribution in [3.63, 3.8) is 0 Å². The van der Waals surface area contributed by atoms with E-state index in [1.165, 1.54) is 11.1 Å². The molecule has 0 aliphatic heterocycles. The van der Waals surface area contributed by atoms with Crippen molar-refractivity contribution in [2.24, 2.45) is 0 Å². The maximum atomic E-state index is 4.24. The Balaban J connectivity index is 2.23. The second-order valence-electron chi connectivity index (χ2n) is 3.46. The number of pyridine rings is 1. The van der Waals surface area contributed by atoms with Gasteiger partial charge >= 0.3 is 0 Å². The molecule has 2 rings (SSSR count). The number of hydrogen-bond acceptors (Lipinski definition) is 2. The first-order valence-corrected chi connectivity index (χ1v) is 4.65. The molecule has 0 unspecified atom stereocenters. The van der Waals surface area contributed by atoms with Gasteiger partial charge in [0.1, 0.15) is 0 Å². The zero-order valence-electron chi connectivity index (χ0n) is 8.44. The Hall–Kier alpha value is -1.64. The van der Waals surface area contributed by atoms with E-state index in [2.05, 4.69) is 16.1 Å². The van der Waals surface area contributed by atoms with Crippen molar-refractivity contribution in [3.8, 4) is 0 Å². The van der Waals surface area contributed by atoms with Crippen LogP contribution in [0.2, 0.25) is 0 Å². The van der Waals surface area contributed by atoms with Gasteiger partial charge in [0, 0.05) is 18.1 Å². The van der Waals surface area contributed by atoms with E-state index in [4.69, 9.17) is 0 Å². The van der Waals surface area contributed by atoms with Crippen LogP contribution in [0.3, 0.4) is 0 Å². The molecule has 0 aliphatic rings. The van der Waals surface area contributed by atoms with Gasteiger partial charge < -0.3 is 0 Å². The summed E-state index contributed by atoms with van der Waals surface area (Å²) in [4.78, 5) is 4.24. The summed E-state index contributed by atoms with van der Waals surface area (Å²) in [7, 11) is 0. The fraction of sp³-hybridized carbons (Fsp3) is 0.273. The molecule has 2 aromatic heterocycles. The third-order valence-electron chi connectivity index (χ3n) is 2.21. The first-order chi connectivity index (χ1) is 6.75. The summed E-state index contributed by atoms with van der Waals surface area (Å²) >= 11 is 0. The molecule has 72 valence electrons. The van der Waals surface area contributed by atoms with Gasteiger partial charge in [0.25, 0.3) is 0 Å². The molecule has 0 amide bonds. The SMILES string of the molecule is Cc1cnn(Cc2cccnc2C)c1. The van der Waals surface area contributed by atoms with Crippen molar-refractivity contribution < 1.29 is 0 Å². The van der Waals surface area contributed by atoms with Gasteiger partial charge in [-0.25, -0.2) is 0 Å². The van der Waals surface area contributed by atoms with E-state index >= 15 is 0 Å². The Bertz CT molecular complexity index is 432. The maximum Gasteiger partial charge on any atom is 0.0677 e. The largest absolute Gasteiger partial charge is 0.268 e. The molecule has 3 nitrogen and oxygen atoms in total. The molecule has 0 bridgehead atoms. The summed E-state index contributed by atoms with van der Waals surface area (Å²) in [5.41, 5.74) is 3.47. The van der Waals surface area contributed by atoms with Crippen LogP contribution in [0, 0.1) is 13.8 Å². The first kappa shape index (κ1) is 8.94. The molecule has 0 aliphatic carbocycles. The minimum atomic E-state index is 0.799. The average Bonchev–Trinajstić information content (AvgIpc) is 2.56. The topological polar surface area (TPSA) is 30.7 Å². The van der Waals surface area contributed by atoms with E-state index in [0.717, 1.165) is 12.2 Å². The maximum absolute atomic E-state index is 4.24. The molecule has 0 N–H and O–H groups in total. The highest BCUT2D eigenvalue weighted by atomic mass is 15.3. The fourth-order valence-electron chi connectivity index (χ4n) is 1.41. The Kier molecular flexibility index (Phi) is 2.31. The number of nitrogens with zero attached hydrogens (tertiary/aromatic N) is 3. The summed E-state index contributed by atoms with van der Waals surface area (Å²) in [6.45, 7) is 4.86. The normalized spacial score (nSPS) is 10.4. The molecule has 0 atom stereocenters. The van der Waals surface area contributed by atoms with Gasteiger partial charge in [-0.15, -0.1) is 0 Å². The van der Waals surface area contributed by atoms with Crippen LogP contribution < -0.4 is 0 Å². The van der Waals surface area contributed by atoms with Crippen molar-refractivity contribution in [2.45, 2.75) is 20.4 Å². The van der Waals surface area contributed by atoms with Gasteiger partial charge in [0.2, 0.25) is 0 Å². The highest BCUT2D eigenvalue weighted by Crippen LogP contribution is 2.06. The van der Waals surface area contributed by atoms with Crippen LogP contribution in [-0.2, 0) is 6.54 Å². The number of rotatable bonds is 2. The number of hydrogen-bond donors (Lipinski definition) is 0. The van der Waals surface area contributed by atoms with E-state index in [0.29, 0.717) is 0 Å². The molecular weight excluding hydrogens is 174 g/mol. The van der Waals surface area contributed by atoms with Gasteiger partial charge in [-0.3, -0.25) is 9.67 Å². The molecular formula is C11H13N3. The van der Waals surface area contributed by atoms with Crippen LogP contribution in [0.25, 0.3) is 0 Å². The van der Waals surface area contributed by atoms with Crippen molar-refractivity contribution in [3.05, 3.63) is 47.5 Å². The van der Waals surface area contributed by atoms with E-state index in [1.54, 1.807) is 0 Å². The summed E-state index contributed by atoms with van der Waals surface area (Å²) < 4.78 is 1.93. The van der Waals surface area contributed by atoms with Crippen molar-refractivity contribution in [1.82, 2.24) is 14.8 Å². The molecule has 2 heterocycles. The van der Waals surface area contributed by atoms with E-state index in [-0.39, 0.29) is 0 Å². The number of aryl methyl sites for hydroxylation is 2. The minimum absolute atomic E-state index is 0.799. The average molecular weight is 187 g/mol. The molecule has 14 heavy (non-hydrogen) atoms. The molecule has 0 saturated carbocycles. The molecule has 0 aromatic carbocycles. The summed E-state index contributed by atoms with van der Waals surface area (Å²) in [6, 6.07) is 4.04. The van der Waals surface area contributed by atoms with Gasteiger partial charge in [-0.2, -0.15) is 5.10 Å². The lowest BCUT2D eigenvalue weighted by Crippen LogP contribution is -2.02. The van der Waals surface area contributed by atoms with E-state index in [1.807, 2.05) is 43.2 Å². The molecule has 3 heteroatoms. The van der Waals surface area contributed by atoms with E-state index < -0.39 is 0 Å². The van der Waals surface area contributed by atoms with Crippen LogP contribution in [-0.4, -0.2) is 14.8 Å². The van der Waals surface area contributed by atoms with Gasteiger partial charge in [-0.05, 0) is 31.0 Å². The molecule has 2 aromatic rings. The van der Waals surface area contributed by atoms with Crippen LogP contribution >= 0.6 is 0 Å². The fourth-order valence-corrected chi connectivity index (χ4v) is 1.41. The van der Waals surface area contributed by atoms with Crippen molar-refractivity contribution in [2.75, 3.05) is 0 Å². The Morgan fingerprint density at radius 2 is 2.21 bits per heavy atom. The summed E-state index contributed by atoms with van der Waals surface area (Å²) in [6.07, 6.45) is 5.71. The molecule has 0 spiro atoms. The smallest absolute Gasteiger partial charge is 0.0677 e. The predicted octanol–water partition coefficient (Wildman–Crippen LogP) is 1.94. The lowest BCUT2D eigenvalue weighted by atomic mass is 10.2. The van der Waals surface area contributed by atoms with Gasteiger partial charge in [0.15, 0.2) is 0 Å². The third-order valence-corrected chi connectivity index (χ3v) is 2.21. The molecule has 0 fully saturated rings. The third kappa shape index (κ3) is 1.82. The Morgan fingerprint density at radius 1 is 1.36 bits per heavy atom. The van der Waals surface area contributed by atoms with E-state index in [9.17, 15) is 0 Å². The van der Waals surface area contributed by atoms with Crippen LogP contribution in [0.15, 0.2) is 30.7 Å². The monoisotopic (exact) mass is 187 g/mol. The summed E-state index contributed by atoms with van der Waals surface area (Å²) in [5, 5.41) is 4.24. The number of aromatic nitrogens is 3. The van der Waals surface area contributed by atoms with Crippen molar-refractivity contribution >= 4 is 0 Å². The van der Waals surface area contributed by atoms with Crippen LogP contribution in [0.4, 0.5) is 0 Å². The minimum Gasteiger partial charge on any atom is -0.268 e. The summed E-state index contributed by atoms with van der Waals surface area (Å²) in [5.74, 6) is 0. The lowest BCUT2D eigenvalue weighted by molar-refractivity contribution is 0.680. The highest BCUT2D eigenvalue weighted by molar-refractivity contribution is 5.18. The van der Waals surface area contributed by atoms with Crippen LogP contribution in [0.5, 0.6) is 0 Å². The van der Waals surface area contributed by atoms with Crippen LogP contribution in [0.1, 0.15) is 16.8 Å². The van der Waals surface area contributed by atoms with Gasteiger partial charge in [0.05, 0.1) is 12.7 Å². The zero-order valence-corrected chi connectivity index (χ0v) is 8.44. The lowest BCUT2D eigenvalue weighted by Gasteiger charge is -2.03.